The number of Topliss-reactive ketones (excluding diaryl/α,β-unsaturated/α-hetero) is 1. The van der Waals surface area contributed by atoms with Gasteiger partial charge >= 0.3 is 0 Å². The molecule has 2 aromatic rings. The van der Waals surface area contributed by atoms with Crippen molar-refractivity contribution in [3.8, 4) is 17.2 Å². The Bertz CT molecular complexity index is 952. The molecule has 0 unspecified atom stereocenters. The Hall–Kier alpha value is -3.55. The van der Waals surface area contributed by atoms with Crippen molar-refractivity contribution in [3.05, 3.63) is 41.5 Å². The fourth-order valence-corrected chi connectivity index (χ4v) is 3.05. The maximum Gasteiger partial charge on any atom is 0.300 e. The number of amides is 2. The molecule has 2 amide bonds. The summed E-state index contributed by atoms with van der Waals surface area (Å²) in [6, 6.07) is 8.72. The SMILES string of the molecule is COc1cc2c(c(OC)c1OC)C(=O)C(=O)N2CC(=O)Nc1ccc(C)cc1. The smallest absolute Gasteiger partial charge is 0.300 e. The first kappa shape index (κ1) is 19.2. The highest BCUT2D eigenvalue weighted by molar-refractivity contribution is 6.53. The summed E-state index contributed by atoms with van der Waals surface area (Å²) in [5.41, 5.74) is 1.94. The van der Waals surface area contributed by atoms with Gasteiger partial charge in [0.15, 0.2) is 11.5 Å². The number of anilines is 2. The molecule has 28 heavy (non-hydrogen) atoms. The number of hydrogen-bond acceptors (Lipinski definition) is 6. The Morgan fingerprint density at radius 1 is 1.00 bits per heavy atom. The molecule has 8 nitrogen and oxygen atoms in total. The average Bonchev–Trinajstić information content (AvgIpc) is 2.92. The molecule has 0 saturated carbocycles. The molecule has 0 radical (unpaired) electrons. The summed E-state index contributed by atoms with van der Waals surface area (Å²) in [6.45, 7) is 1.61. The van der Waals surface area contributed by atoms with Crippen LogP contribution in [0.25, 0.3) is 0 Å². The molecule has 0 atom stereocenters. The molecule has 0 saturated heterocycles. The predicted octanol–water partition coefficient (Wildman–Crippen LogP) is 2.19. The molecular formula is C20H20N2O6. The highest BCUT2D eigenvalue weighted by Gasteiger charge is 2.42. The molecule has 0 aliphatic carbocycles. The zero-order valence-electron chi connectivity index (χ0n) is 16.0. The van der Waals surface area contributed by atoms with Gasteiger partial charge in [0.1, 0.15) is 6.54 Å². The molecule has 146 valence electrons. The number of aryl methyl sites for hydroxylation is 1. The summed E-state index contributed by atoms with van der Waals surface area (Å²) >= 11 is 0. The van der Waals surface area contributed by atoms with Crippen molar-refractivity contribution in [1.29, 1.82) is 0 Å². The van der Waals surface area contributed by atoms with Crippen molar-refractivity contribution in [3.63, 3.8) is 0 Å². The molecule has 2 aromatic carbocycles. The molecule has 8 heteroatoms. The Morgan fingerprint density at radius 3 is 2.21 bits per heavy atom. The number of methoxy groups -OCH3 is 3. The largest absolute Gasteiger partial charge is 0.493 e. The van der Waals surface area contributed by atoms with E-state index >= 15 is 0 Å². The molecular weight excluding hydrogens is 364 g/mol. The lowest BCUT2D eigenvalue weighted by molar-refractivity contribution is -0.118. The summed E-state index contributed by atoms with van der Waals surface area (Å²) in [5.74, 6) is -1.44. The average molecular weight is 384 g/mol. The zero-order chi connectivity index (χ0) is 20.4. The Balaban J connectivity index is 1.94. The van der Waals surface area contributed by atoms with E-state index in [0.29, 0.717) is 5.69 Å². The topological polar surface area (TPSA) is 94.2 Å². The van der Waals surface area contributed by atoms with Crippen LogP contribution in [0.4, 0.5) is 11.4 Å². The van der Waals surface area contributed by atoms with Gasteiger partial charge < -0.3 is 19.5 Å². The van der Waals surface area contributed by atoms with E-state index < -0.39 is 17.6 Å². The number of benzene rings is 2. The number of ether oxygens (including phenoxy) is 3. The summed E-state index contributed by atoms with van der Waals surface area (Å²) in [7, 11) is 4.19. The van der Waals surface area contributed by atoms with Crippen molar-refractivity contribution < 1.29 is 28.6 Å². The van der Waals surface area contributed by atoms with Gasteiger partial charge in [-0.3, -0.25) is 19.3 Å². The highest BCUT2D eigenvalue weighted by Crippen LogP contribution is 2.47. The van der Waals surface area contributed by atoms with Gasteiger partial charge in [-0.25, -0.2) is 0 Å². The van der Waals surface area contributed by atoms with E-state index in [9.17, 15) is 14.4 Å². The molecule has 1 heterocycles. The molecule has 1 aliphatic rings. The number of ketones is 1. The van der Waals surface area contributed by atoms with Crippen LogP contribution in [-0.2, 0) is 9.59 Å². The number of rotatable bonds is 6. The second-order valence-corrected chi connectivity index (χ2v) is 6.17. The fourth-order valence-electron chi connectivity index (χ4n) is 3.05. The number of nitrogens with zero attached hydrogens (tertiary/aromatic N) is 1. The van der Waals surface area contributed by atoms with Crippen LogP contribution in [0.15, 0.2) is 30.3 Å². The first-order chi connectivity index (χ1) is 13.4. The number of carbonyl (C=O) groups is 3. The summed E-state index contributed by atoms with van der Waals surface area (Å²) in [5, 5.41) is 2.71. The van der Waals surface area contributed by atoms with Gasteiger partial charge in [-0.15, -0.1) is 0 Å². The molecule has 1 aliphatic heterocycles. The quantitative estimate of drug-likeness (QED) is 0.768. The molecule has 1 N–H and O–H groups in total. The van der Waals surface area contributed by atoms with E-state index in [1.807, 2.05) is 19.1 Å². The minimum absolute atomic E-state index is 0.0493. The summed E-state index contributed by atoms with van der Waals surface area (Å²) in [4.78, 5) is 38.6. The first-order valence-electron chi connectivity index (χ1n) is 8.47. The summed E-state index contributed by atoms with van der Waals surface area (Å²) in [6.07, 6.45) is 0. The van der Waals surface area contributed by atoms with Gasteiger partial charge in [-0.05, 0) is 19.1 Å². The molecule has 0 bridgehead atoms. The van der Waals surface area contributed by atoms with Crippen LogP contribution >= 0.6 is 0 Å². The standard InChI is InChI=1S/C20H20N2O6/c1-11-5-7-12(8-6-11)21-15(23)10-22-13-9-14(26-2)18(27-3)19(28-4)16(13)17(24)20(22)25/h5-9H,10H2,1-4H3,(H,21,23). The Labute approximate surface area is 162 Å². The van der Waals surface area contributed by atoms with Crippen LogP contribution in [0.5, 0.6) is 17.2 Å². The van der Waals surface area contributed by atoms with Crippen molar-refractivity contribution in [2.24, 2.45) is 0 Å². The van der Waals surface area contributed by atoms with Crippen LogP contribution in [0.3, 0.4) is 0 Å². The first-order valence-corrected chi connectivity index (χ1v) is 8.47. The van der Waals surface area contributed by atoms with Gasteiger partial charge in [-0.2, -0.15) is 0 Å². The van der Waals surface area contributed by atoms with Crippen molar-refractivity contribution in [2.45, 2.75) is 6.92 Å². The number of carbonyl (C=O) groups excluding carboxylic acids is 3. The minimum atomic E-state index is -0.817. The lowest BCUT2D eigenvalue weighted by Crippen LogP contribution is -2.37. The molecule has 0 spiro atoms. The molecule has 0 fully saturated rings. The van der Waals surface area contributed by atoms with E-state index in [-0.39, 0.29) is 35.0 Å². The highest BCUT2D eigenvalue weighted by atomic mass is 16.5. The fraction of sp³-hybridized carbons (Fsp3) is 0.250. The summed E-state index contributed by atoms with van der Waals surface area (Å²) < 4.78 is 15.8. The van der Waals surface area contributed by atoms with Crippen molar-refractivity contribution in [2.75, 3.05) is 38.1 Å². The van der Waals surface area contributed by atoms with E-state index in [0.717, 1.165) is 10.5 Å². The monoisotopic (exact) mass is 384 g/mol. The lowest BCUT2D eigenvalue weighted by atomic mass is 10.1. The normalized spacial score (nSPS) is 12.6. The number of fused-ring (bicyclic) bond motifs is 1. The van der Waals surface area contributed by atoms with E-state index in [4.69, 9.17) is 14.2 Å². The van der Waals surface area contributed by atoms with Crippen LogP contribution in [0, 0.1) is 6.92 Å². The van der Waals surface area contributed by atoms with E-state index in [1.54, 1.807) is 12.1 Å². The third-order valence-electron chi connectivity index (χ3n) is 4.40. The lowest BCUT2D eigenvalue weighted by Gasteiger charge is -2.19. The maximum absolute atomic E-state index is 12.5. The third-order valence-corrected chi connectivity index (χ3v) is 4.40. The molecule has 0 aromatic heterocycles. The van der Waals surface area contributed by atoms with Gasteiger partial charge in [0.2, 0.25) is 11.7 Å². The van der Waals surface area contributed by atoms with Crippen molar-refractivity contribution in [1.82, 2.24) is 0 Å². The van der Waals surface area contributed by atoms with Gasteiger partial charge in [-0.1, -0.05) is 17.7 Å². The van der Waals surface area contributed by atoms with Crippen LogP contribution in [0.1, 0.15) is 15.9 Å². The van der Waals surface area contributed by atoms with Crippen molar-refractivity contribution >= 4 is 29.0 Å². The van der Waals surface area contributed by atoms with E-state index in [2.05, 4.69) is 5.32 Å². The van der Waals surface area contributed by atoms with Gasteiger partial charge in [0.25, 0.3) is 11.7 Å². The van der Waals surface area contributed by atoms with E-state index in [1.165, 1.54) is 27.4 Å². The Morgan fingerprint density at radius 2 is 1.64 bits per heavy atom. The zero-order valence-corrected chi connectivity index (χ0v) is 16.0. The van der Waals surface area contributed by atoms with Gasteiger partial charge in [0, 0.05) is 11.8 Å². The second-order valence-electron chi connectivity index (χ2n) is 6.17. The number of nitrogens with one attached hydrogen (secondary N) is 1. The van der Waals surface area contributed by atoms with Crippen LogP contribution < -0.4 is 24.4 Å². The predicted molar refractivity (Wildman–Crippen MR) is 103 cm³/mol. The number of hydrogen-bond donors (Lipinski definition) is 1. The molecule has 3 rings (SSSR count). The second kappa shape index (κ2) is 7.59. The van der Waals surface area contributed by atoms with Crippen LogP contribution in [-0.4, -0.2) is 45.5 Å². The maximum atomic E-state index is 12.5. The Kier molecular flexibility index (Phi) is 5.21. The van der Waals surface area contributed by atoms with Crippen LogP contribution in [0.2, 0.25) is 0 Å². The van der Waals surface area contributed by atoms with Gasteiger partial charge in [0.05, 0.1) is 32.6 Å². The minimum Gasteiger partial charge on any atom is -0.493 e. The third kappa shape index (κ3) is 3.24.